The highest BCUT2D eigenvalue weighted by Gasteiger charge is 2.25. The summed E-state index contributed by atoms with van der Waals surface area (Å²) in [5, 5.41) is 3.48. The molecule has 0 spiro atoms. The highest BCUT2D eigenvalue weighted by Crippen LogP contribution is 2.23. The fourth-order valence-electron chi connectivity index (χ4n) is 2.82. The van der Waals surface area contributed by atoms with Crippen LogP contribution in [0.4, 0.5) is 0 Å². The molecule has 1 N–H and O–H groups in total. The van der Waals surface area contributed by atoms with Gasteiger partial charge in [0.1, 0.15) is 5.75 Å². The van der Waals surface area contributed by atoms with Crippen LogP contribution in [0.15, 0.2) is 18.2 Å². The minimum Gasteiger partial charge on any atom is -0.496 e. The molecule has 8 heteroatoms. The fourth-order valence-corrected chi connectivity index (χ4v) is 3.89. The first kappa shape index (κ1) is 19.0. The van der Waals surface area contributed by atoms with Gasteiger partial charge in [0.2, 0.25) is 15.9 Å². The maximum atomic E-state index is 12.1. The standard InChI is InChI=1S/C16H23ClN2O4S/c1-23-15-4-3-14(17)9-13(15)10-16(20)18-11-12-5-7-19(8-6-12)24(2,21)22/h3-4,9,12H,5-8,10-11H2,1-2H3,(H,18,20). The molecule has 134 valence electrons. The minimum absolute atomic E-state index is 0.0962. The van der Waals surface area contributed by atoms with Gasteiger partial charge >= 0.3 is 0 Å². The molecule has 24 heavy (non-hydrogen) atoms. The number of carbonyl (C=O) groups excluding carboxylic acids is 1. The van der Waals surface area contributed by atoms with Gasteiger partial charge in [0, 0.05) is 30.2 Å². The minimum atomic E-state index is -3.11. The first-order valence-corrected chi connectivity index (χ1v) is 10.1. The zero-order chi connectivity index (χ0) is 17.7. The molecule has 0 aliphatic carbocycles. The van der Waals surface area contributed by atoms with E-state index in [0.717, 1.165) is 18.4 Å². The number of amides is 1. The summed E-state index contributed by atoms with van der Waals surface area (Å²) >= 11 is 5.97. The van der Waals surface area contributed by atoms with Crippen LogP contribution in [-0.4, -0.2) is 51.6 Å². The summed E-state index contributed by atoms with van der Waals surface area (Å²) in [4.78, 5) is 12.1. The molecule has 0 bridgehead atoms. The summed E-state index contributed by atoms with van der Waals surface area (Å²) in [6, 6.07) is 5.19. The van der Waals surface area contributed by atoms with E-state index in [0.29, 0.717) is 36.3 Å². The van der Waals surface area contributed by atoms with Gasteiger partial charge in [-0.25, -0.2) is 12.7 Å². The normalized spacial score (nSPS) is 16.8. The largest absolute Gasteiger partial charge is 0.496 e. The SMILES string of the molecule is COc1ccc(Cl)cc1CC(=O)NCC1CCN(S(C)(=O)=O)CC1. The van der Waals surface area contributed by atoms with Crippen molar-refractivity contribution >= 4 is 27.5 Å². The Morgan fingerprint density at radius 2 is 2.04 bits per heavy atom. The molecule has 1 heterocycles. The zero-order valence-electron chi connectivity index (χ0n) is 13.9. The Balaban J connectivity index is 1.81. The van der Waals surface area contributed by atoms with Gasteiger partial charge in [0.05, 0.1) is 19.8 Å². The molecule has 0 atom stereocenters. The summed E-state index contributed by atoms with van der Waals surface area (Å²) in [7, 11) is -1.56. The van der Waals surface area contributed by atoms with Gasteiger partial charge in [-0.15, -0.1) is 0 Å². The van der Waals surface area contributed by atoms with E-state index in [1.54, 1.807) is 25.3 Å². The van der Waals surface area contributed by atoms with E-state index in [4.69, 9.17) is 16.3 Å². The Morgan fingerprint density at radius 1 is 1.38 bits per heavy atom. The molecule has 2 rings (SSSR count). The second-order valence-corrected chi connectivity index (χ2v) is 8.46. The predicted molar refractivity (Wildman–Crippen MR) is 93.9 cm³/mol. The van der Waals surface area contributed by atoms with Gasteiger partial charge in [-0.2, -0.15) is 0 Å². The van der Waals surface area contributed by atoms with Crippen LogP contribution in [0.5, 0.6) is 5.75 Å². The number of ether oxygens (including phenoxy) is 1. The predicted octanol–water partition coefficient (Wildman–Crippen LogP) is 1.68. The number of methoxy groups -OCH3 is 1. The van der Waals surface area contributed by atoms with Gasteiger partial charge in [-0.05, 0) is 37.0 Å². The van der Waals surface area contributed by atoms with Crippen molar-refractivity contribution in [2.45, 2.75) is 19.3 Å². The van der Waals surface area contributed by atoms with Gasteiger partial charge < -0.3 is 10.1 Å². The fraction of sp³-hybridized carbons (Fsp3) is 0.562. The number of halogens is 1. The Hall–Kier alpha value is -1.31. The number of benzene rings is 1. The Morgan fingerprint density at radius 3 is 2.62 bits per heavy atom. The molecule has 0 saturated carbocycles. The molecule has 1 aromatic rings. The number of hydrogen-bond acceptors (Lipinski definition) is 4. The van der Waals surface area contributed by atoms with Crippen LogP contribution in [0.2, 0.25) is 5.02 Å². The maximum Gasteiger partial charge on any atom is 0.224 e. The molecular formula is C16H23ClN2O4S. The quantitative estimate of drug-likeness (QED) is 0.822. The Labute approximate surface area is 148 Å². The second kappa shape index (κ2) is 8.18. The zero-order valence-corrected chi connectivity index (χ0v) is 15.5. The summed E-state index contributed by atoms with van der Waals surface area (Å²) in [6.07, 6.45) is 2.95. The van der Waals surface area contributed by atoms with Crippen molar-refractivity contribution in [3.05, 3.63) is 28.8 Å². The Bertz CT molecular complexity index is 685. The van der Waals surface area contributed by atoms with Gasteiger partial charge in [-0.1, -0.05) is 11.6 Å². The van der Waals surface area contributed by atoms with Crippen LogP contribution < -0.4 is 10.1 Å². The lowest BCUT2D eigenvalue weighted by atomic mass is 9.98. The average Bonchev–Trinajstić information content (AvgIpc) is 2.53. The number of nitrogens with zero attached hydrogens (tertiary/aromatic N) is 1. The molecule has 6 nitrogen and oxygen atoms in total. The van der Waals surface area contributed by atoms with Crippen molar-refractivity contribution in [2.75, 3.05) is 33.0 Å². The number of hydrogen-bond donors (Lipinski definition) is 1. The van der Waals surface area contributed by atoms with Gasteiger partial charge in [-0.3, -0.25) is 4.79 Å². The molecule has 0 radical (unpaired) electrons. The Kier molecular flexibility index (Phi) is 6.48. The lowest BCUT2D eigenvalue weighted by molar-refractivity contribution is -0.120. The monoisotopic (exact) mass is 374 g/mol. The second-order valence-electron chi connectivity index (χ2n) is 6.04. The number of nitrogens with one attached hydrogen (secondary N) is 1. The van der Waals surface area contributed by atoms with Crippen molar-refractivity contribution in [1.29, 1.82) is 0 Å². The molecule has 1 aliphatic rings. The van der Waals surface area contributed by atoms with Gasteiger partial charge in [0.25, 0.3) is 0 Å². The lowest BCUT2D eigenvalue weighted by Crippen LogP contribution is -2.41. The van der Waals surface area contributed by atoms with Crippen molar-refractivity contribution in [3.8, 4) is 5.75 Å². The number of carbonyl (C=O) groups is 1. The maximum absolute atomic E-state index is 12.1. The molecule has 1 amide bonds. The summed E-state index contributed by atoms with van der Waals surface area (Å²) in [5.74, 6) is 0.838. The first-order valence-electron chi connectivity index (χ1n) is 7.84. The van der Waals surface area contributed by atoms with E-state index in [1.165, 1.54) is 10.6 Å². The number of piperidine rings is 1. The van der Waals surface area contributed by atoms with E-state index in [2.05, 4.69) is 5.32 Å². The average molecular weight is 375 g/mol. The van der Waals surface area contributed by atoms with Crippen LogP contribution in [0.3, 0.4) is 0 Å². The van der Waals surface area contributed by atoms with Crippen LogP contribution in [0.25, 0.3) is 0 Å². The first-order chi connectivity index (χ1) is 11.3. The smallest absolute Gasteiger partial charge is 0.224 e. The summed E-state index contributed by atoms with van der Waals surface area (Å²) in [6.45, 7) is 1.59. The third-order valence-corrected chi connectivity index (χ3v) is 5.76. The molecule has 1 aromatic carbocycles. The highest BCUT2D eigenvalue weighted by molar-refractivity contribution is 7.88. The molecule has 0 unspecified atom stereocenters. The highest BCUT2D eigenvalue weighted by atomic mass is 35.5. The van der Waals surface area contributed by atoms with E-state index in [-0.39, 0.29) is 12.3 Å². The van der Waals surface area contributed by atoms with E-state index in [1.807, 2.05) is 0 Å². The summed E-state index contributed by atoms with van der Waals surface area (Å²) in [5.41, 5.74) is 0.745. The molecule has 1 fully saturated rings. The van der Waals surface area contributed by atoms with Crippen LogP contribution >= 0.6 is 11.6 Å². The lowest BCUT2D eigenvalue weighted by Gasteiger charge is -2.30. The van der Waals surface area contributed by atoms with Crippen molar-refractivity contribution in [2.24, 2.45) is 5.92 Å². The third kappa shape index (κ3) is 5.36. The number of sulfonamides is 1. The molecule has 0 aromatic heterocycles. The van der Waals surface area contributed by atoms with Crippen LogP contribution in [0, 0.1) is 5.92 Å². The van der Waals surface area contributed by atoms with Crippen LogP contribution in [0.1, 0.15) is 18.4 Å². The van der Waals surface area contributed by atoms with Crippen molar-refractivity contribution in [3.63, 3.8) is 0 Å². The van der Waals surface area contributed by atoms with Crippen molar-refractivity contribution < 1.29 is 17.9 Å². The van der Waals surface area contributed by atoms with E-state index >= 15 is 0 Å². The molecule has 1 saturated heterocycles. The van der Waals surface area contributed by atoms with Gasteiger partial charge in [0.15, 0.2) is 0 Å². The number of rotatable bonds is 6. The topological polar surface area (TPSA) is 75.7 Å². The van der Waals surface area contributed by atoms with Crippen molar-refractivity contribution in [1.82, 2.24) is 9.62 Å². The van der Waals surface area contributed by atoms with E-state index in [9.17, 15) is 13.2 Å². The van der Waals surface area contributed by atoms with Crippen LogP contribution in [-0.2, 0) is 21.2 Å². The third-order valence-electron chi connectivity index (χ3n) is 4.22. The molecule has 1 aliphatic heterocycles. The summed E-state index contributed by atoms with van der Waals surface area (Å²) < 4.78 is 29.7. The van der Waals surface area contributed by atoms with E-state index < -0.39 is 10.0 Å². The molecular weight excluding hydrogens is 352 g/mol.